The first-order valence-corrected chi connectivity index (χ1v) is 25.5. The van der Waals surface area contributed by atoms with Gasteiger partial charge in [0, 0.05) is 126 Å². The summed E-state index contributed by atoms with van der Waals surface area (Å²) in [6.45, 7) is 13.2. The monoisotopic (exact) mass is 966 g/mol. The molecule has 4 aromatic heterocycles. The van der Waals surface area contributed by atoms with E-state index in [-0.39, 0.29) is 41.2 Å². The number of piperazine rings is 1. The number of fused-ring (bicyclic) bond motifs is 3. The van der Waals surface area contributed by atoms with Crippen LogP contribution in [0.4, 0.5) is 10.1 Å². The van der Waals surface area contributed by atoms with Crippen molar-refractivity contribution in [3.8, 4) is 5.69 Å². The molecule has 5 aliphatic heterocycles. The third kappa shape index (κ3) is 8.79. The Morgan fingerprint density at radius 1 is 0.831 bits per heavy atom. The molecule has 4 saturated heterocycles. The highest BCUT2D eigenvalue weighted by Crippen LogP contribution is 2.35. The minimum Gasteiger partial charge on any atom is -0.384 e. The predicted octanol–water partition coefficient (Wildman–Crippen LogP) is 5.21. The first-order valence-electron chi connectivity index (χ1n) is 25.5. The number of likely N-dealkylation sites (tertiary alicyclic amines) is 2. The summed E-state index contributed by atoms with van der Waals surface area (Å²) in [7, 11) is 3.75. The number of hydrogen-bond donors (Lipinski definition) is 2. The molecule has 71 heavy (non-hydrogen) atoms. The van der Waals surface area contributed by atoms with E-state index in [0.29, 0.717) is 42.6 Å². The lowest BCUT2D eigenvalue weighted by Crippen LogP contribution is -2.53. The molecule has 5 aliphatic rings. The number of anilines is 1. The van der Waals surface area contributed by atoms with Gasteiger partial charge >= 0.3 is 5.69 Å². The molecule has 2 N–H and O–H groups in total. The number of benzene rings is 2. The molecule has 3 amide bonds. The number of piperidine rings is 3. The second kappa shape index (κ2) is 19.0. The van der Waals surface area contributed by atoms with E-state index in [1.165, 1.54) is 10.6 Å². The summed E-state index contributed by atoms with van der Waals surface area (Å²) in [4.78, 5) is 79.0. The number of pyridine rings is 2. The molecule has 0 spiro atoms. The molecule has 11 rings (SSSR count). The van der Waals surface area contributed by atoms with Crippen LogP contribution in [0.1, 0.15) is 95.7 Å². The van der Waals surface area contributed by atoms with Gasteiger partial charge in [-0.1, -0.05) is 6.07 Å². The van der Waals surface area contributed by atoms with Crippen LogP contribution in [-0.4, -0.2) is 126 Å². The van der Waals surface area contributed by atoms with Crippen LogP contribution in [0, 0.1) is 18.7 Å². The standard InChI is InChI=1S/C54H64FN11O5/c1-33-25-38(27-42(55)49(33)37-13-18-61(19-14-37)32-39-28-41-44(10-17-57-50(41)59(39)3)65-22-15-43-40(53(65)70)9-16-56-43)52(69)63-20-11-35(12-21-63)31-64-24-23-62(29-34(64)2)30-36-5-6-45-47(26-36)60(4)54(71)66(45)46-7-8-48(67)58-51(46)68/h5-6,10,15,17,22,25-28,34-35,37,46,56H,7-9,11-14,16,18-21,23-24,29-32H2,1-4H3,(H,58,67,68)/t34-,46+/m0/s1. The second-order valence-corrected chi connectivity index (χ2v) is 20.9. The number of imide groups is 1. The van der Waals surface area contributed by atoms with Crippen LogP contribution in [0.15, 0.2) is 70.5 Å². The number of nitrogens with one attached hydrogen (secondary N) is 2. The SMILES string of the molecule is Cc1cc(C(=O)N2CCC(CN3CCN(Cc4ccc5c(c4)n(C)c(=O)n5[C@@H]4CCC(=O)NC4=O)C[C@@H]3C)CC2)cc(F)c1C1CCN(Cc2cc3c(-n4ccc5c(c4=O)CCN5)ccnc3n2C)CC1. The van der Waals surface area contributed by atoms with Crippen molar-refractivity contribution in [3.63, 3.8) is 0 Å². The lowest BCUT2D eigenvalue weighted by atomic mass is 9.85. The van der Waals surface area contributed by atoms with Gasteiger partial charge in [0.15, 0.2) is 0 Å². The topological polar surface area (TPSA) is 155 Å². The number of hydrogen-bond acceptors (Lipinski definition) is 10. The fraction of sp³-hybridized carbons (Fsp3) is 0.481. The van der Waals surface area contributed by atoms with Crippen LogP contribution in [0.5, 0.6) is 0 Å². The van der Waals surface area contributed by atoms with Crippen LogP contribution in [-0.2, 0) is 43.2 Å². The average molecular weight is 966 g/mol. The van der Waals surface area contributed by atoms with Crippen LogP contribution in [0.25, 0.3) is 27.8 Å². The summed E-state index contributed by atoms with van der Waals surface area (Å²) in [5.41, 5.74) is 8.82. The van der Waals surface area contributed by atoms with E-state index < -0.39 is 11.9 Å². The molecule has 372 valence electrons. The van der Waals surface area contributed by atoms with Crippen LogP contribution >= 0.6 is 0 Å². The summed E-state index contributed by atoms with van der Waals surface area (Å²) in [6, 6.07) is 15.1. The van der Waals surface area contributed by atoms with E-state index in [1.807, 2.05) is 61.5 Å². The molecule has 0 radical (unpaired) electrons. The Balaban J connectivity index is 0.657. The molecule has 4 fully saturated rings. The number of halogens is 1. The van der Waals surface area contributed by atoms with E-state index in [2.05, 4.69) is 47.9 Å². The highest BCUT2D eigenvalue weighted by Gasteiger charge is 2.34. The van der Waals surface area contributed by atoms with Gasteiger partial charge in [-0.15, -0.1) is 0 Å². The van der Waals surface area contributed by atoms with E-state index >= 15 is 4.39 Å². The number of nitrogens with zero attached hydrogens (tertiary/aromatic N) is 9. The normalized spacial score (nSPS) is 21.1. The Morgan fingerprint density at radius 2 is 1.63 bits per heavy atom. The number of carbonyl (C=O) groups is 3. The van der Waals surface area contributed by atoms with Crippen LogP contribution in [0.2, 0.25) is 0 Å². The van der Waals surface area contributed by atoms with Crippen molar-refractivity contribution in [2.75, 3.05) is 64.2 Å². The largest absolute Gasteiger partial charge is 0.384 e. The van der Waals surface area contributed by atoms with Crippen molar-refractivity contribution < 1.29 is 18.8 Å². The van der Waals surface area contributed by atoms with Crippen LogP contribution < -0.4 is 21.9 Å². The molecule has 17 heteroatoms. The van der Waals surface area contributed by atoms with Gasteiger partial charge in [-0.25, -0.2) is 14.2 Å². The molecule has 2 aromatic carbocycles. The smallest absolute Gasteiger partial charge is 0.329 e. The summed E-state index contributed by atoms with van der Waals surface area (Å²) in [6.07, 6.45) is 8.32. The summed E-state index contributed by atoms with van der Waals surface area (Å²) < 4.78 is 23.1. The first-order chi connectivity index (χ1) is 34.3. The fourth-order valence-electron chi connectivity index (χ4n) is 12.4. The number of rotatable bonds is 10. The number of carbonyl (C=O) groups excluding carboxylic acids is 3. The van der Waals surface area contributed by atoms with Crippen LogP contribution in [0.3, 0.4) is 0 Å². The molecule has 0 saturated carbocycles. The molecule has 6 aromatic rings. The molecule has 0 bridgehead atoms. The van der Waals surface area contributed by atoms with Crippen molar-refractivity contribution in [2.24, 2.45) is 20.0 Å². The van der Waals surface area contributed by atoms with E-state index in [1.54, 1.807) is 22.4 Å². The highest BCUT2D eigenvalue weighted by molar-refractivity contribution is 6.00. The van der Waals surface area contributed by atoms with Crippen molar-refractivity contribution in [1.29, 1.82) is 0 Å². The molecular weight excluding hydrogens is 902 g/mol. The van der Waals surface area contributed by atoms with Crippen molar-refractivity contribution in [1.82, 2.24) is 48.2 Å². The molecule has 2 atom stereocenters. The molecule has 16 nitrogen and oxygen atoms in total. The fourth-order valence-corrected chi connectivity index (χ4v) is 12.4. The third-order valence-electron chi connectivity index (χ3n) is 16.4. The Labute approximate surface area is 412 Å². The van der Waals surface area contributed by atoms with E-state index in [4.69, 9.17) is 0 Å². The van der Waals surface area contributed by atoms with Gasteiger partial charge < -0.3 is 14.8 Å². The predicted molar refractivity (Wildman–Crippen MR) is 270 cm³/mol. The average Bonchev–Trinajstić information content (AvgIpc) is 4.04. The van der Waals surface area contributed by atoms with Crippen molar-refractivity contribution >= 4 is 45.5 Å². The maximum Gasteiger partial charge on any atom is 0.329 e. The maximum atomic E-state index is 16.1. The zero-order valence-electron chi connectivity index (χ0n) is 41.3. The zero-order chi connectivity index (χ0) is 49.2. The van der Waals surface area contributed by atoms with Gasteiger partial charge in [0.05, 0.1) is 16.7 Å². The van der Waals surface area contributed by atoms with Crippen molar-refractivity contribution in [3.05, 3.63) is 121 Å². The number of aryl methyl sites for hydroxylation is 3. The zero-order valence-corrected chi connectivity index (χ0v) is 41.3. The Morgan fingerprint density at radius 3 is 2.39 bits per heavy atom. The minimum absolute atomic E-state index is 0.00654. The highest BCUT2D eigenvalue weighted by atomic mass is 19.1. The third-order valence-corrected chi connectivity index (χ3v) is 16.4. The molecular formula is C54H64FN11O5. The van der Waals surface area contributed by atoms with Crippen molar-refractivity contribution in [2.45, 2.75) is 89.9 Å². The minimum atomic E-state index is -0.704. The molecule has 0 unspecified atom stereocenters. The van der Waals surface area contributed by atoms with Gasteiger partial charge in [0.1, 0.15) is 17.5 Å². The summed E-state index contributed by atoms with van der Waals surface area (Å²) in [5.74, 6) is -0.563. The van der Waals surface area contributed by atoms with Gasteiger partial charge in [-0.2, -0.15) is 0 Å². The summed E-state index contributed by atoms with van der Waals surface area (Å²) >= 11 is 0. The Hall–Kier alpha value is -6.43. The second-order valence-electron chi connectivity index (χ2n) is 20.9. The lowest BCUT2D eigenvalue weighted by Gasteiger charge is -2.42. The molecule has 0 aliphatic carbocycles. The van der Waals surface area contributed by atoms with E-state index in [0.717, 1.165) is 147 Å². The number of imidazole rings is 1. The van der Waals surface area contributed by atoms with Gasteiger partial charge in [-0.05, 0) is 136 Å². The number of amides is 3. The Kier molecular flexibility index (Phi) is 12.5. The van der Waals surface area contributed by atoms with Gasteiger partial charge in [0.2, 0.25) is 11.8 Å². The van der Waals surface area contributed by atoms with Gasteiger partial charge in [0.25, 0.3) is 11.5 Å². The quantitative estimate of drug-likeness (QED) is 0.175. The number of aromatic nitrogens is 5. The summed E-state index contributed by atoms with van der Waals surface area (Å²) in [5, 5.41) is 6.61. The van der Waals surface area contributed by atoms with E-state index in [9.17, 15) is 24.0 Å². The Bertz CT molecular complexity index is 3190. The maximum absolute atomic E-state index is 16.1. The first kappa shape index (κ1) is 46.9. The van der Waals surface area contributed by atoms with Gasteiger partial charge in [-0.3, -0.25) is 52.9 Å². The lowest BCUT2D eigenvalue weighted by molar-refractivity contribution is -0.135. The molecule has 9 heterocycles.